The van der Waals surface area contributed by atoms with Crippen molar-refractivity contribution in [1.82, 2.24) is 0 Å². The molecule has 3 rings (SSSR count). The third-order valence-corrected chi connectivity index (χ3v) is 3.56. The number of hydrogen-bond acceptors (Lipinski definition) is 3. The topological polar surface area (TPSA) is 46.5 Å². The standard InChI is InChI=1S/C19H16O3/c1-2-22-17-12-11-15(18-14(17)9-6-10-16(18)20)19(21)13-7-4-3-5-8-13/h3-12,20H,2H2,1H3. The molecule has 110 valence electrons. The van der Waals surface area contributed by atoms with Crippen molar-refractivity contribution in [3.63, 3.8) is 0 Å². The number of hydrogen-bond donors (Lipinski definition) is 1. The molecule has 0 saturated carbocycles. The highest BCUT2D eigenvalue weighted by atomic mass is 16.5. The van der Waals surface area contributed by atoms with E-state index in [1.54, 1.807) is 36.4 Å². The lowest BCUT2D eigenvalue weighted by Crippen LogP contribution is -2.03. The number of fused-ring (bicyclic) bond motifs is 1. The van der Waals surface area contributed by atoms with E-state index in [-0.39, 0.29) is 11.5 Å². The van der Waals surface area contributed by atoms with Gasteiger partial charge >= 0.3 is 0 Å². The monoisotopic (exact) mass is 292 g/mol. The minimum absolute atomic E-state index is 0.0818. The Kier molecular flexibility index (Phi) is 3.79. The average molecular weight is 292 g/mol. The van der Waals surface area contributed by atoms with Gasteiger partial charge in [-0.3, -0.25) is 4.79 Å². The van der Waals surface area contributed by atoms with Crippen LogP contribution in [0.2, 0.25) is 0 Å². The van der Waals surface area contributed by atoms with Gasteiger partial charge < -0.3 is 9.84 Å². The molecule has 0 aliphatic heterocycles. The number of benzene rings is 3. The second-order valence-electron chi connectivity index (χ2n) is 4.94. The van der Waals surface area contributed by atoms with Gasteiger partial charge in [0.15, 0.2) is 5.78 Å². The zero-order valence-electron chi connectivity index (χ0n) is 12.2. The van der Waals surface area contributed by atoms with Gasteiger partial charge in [0, 0.05) is 21.9 Å². The van der Waals surface area contributed by atoms with Gasteiger partial charge in [-0.2, -0.15) is 0 Å². The van der Waals surface area contributed by atoms with Crippen LogP contribution in [0.15, 0.2) is 60.7 Å². The van der Waals surface area contributed by atoms with Crippen LogP contribution in [0.25, 0.3) is 10.8 Å². The van der Waals surface area contributed by atoms with E-state index in [4.69, 9.17) is 4.74 Å². The normalized spacial score (nSPS) is 10.6. The van der Waals surface area contributed by atoms with Crippen molar-refractivity contribution in [2.24, 2.45) is 0 Å². The van der Waals surface area contributed by atoms with Gasteiger partial charge in [-0.25, -0.2) is 0 Å². The predicted molar refractivity (Wildman–Crippen MR) is 86.7 cm³/mol. The Balaban J connectivity index is 2.23. The van der Waals surface area contributed by atoms with Crippen LogP contribution in [-0.2, 0) is 0 Å². The molecule has 0 heterocycles. The third kappa shape index (κ3) is 2.42. The number of carbonyl (C=O) groups excluding carboxylic acids is 1. The number of aromatic hydroxyl groups is 1. The molecule has 3 aromatic rings. The summed E-state index contributed by atoms with van der Waals surface area (Å²) < 4.78 is 5.59. The molecule has 22 heavy (non-hydrogen) atoms. The van der Waals surface area contributed by atoms with Crippen LogP contribution in [-0.4, -0.2) is 17.5 Å². The zero-order valence-corrected chi connectivity index (χ0v) is 12.2. The summed E-state index contributed by atoms with van der Waals surface area (Å²) >= 11 is 0. The number of ether oxygens (including phenoxy) is 1. The summed E-state index contributed by atoms with van der Waals surface area (Å²) in [6, 6.07) is 17.7. The molecule has 0 amide bonds. The van der Waals surface area contributed by atoms with E-state index in [1.165, 1.54) is 0 Å². The zero-order chi connectivity index (χ0) is 15.5. The van der Waals surface area contributed by atoms with Gasteiger partial charge in [-0.05, 0) is 25.1 Å². The summed E-state index contributed by atoms with van der Waals surface area (Å²) in [7, 11) is 0. The van der Waals surface area contributed by atoms with E-state index in [0.717, 1.165) is 5.39 Å². The van der Waals surface area contributed by atoms with Crippen molar-refractivity contribution in [2.75, 3.05) is 6.61 Å². The summed E-state index contributed by atoms with van der Waals surface area (Å²) in [5, 5.41) is 11.5. The molecule has 1 N–H and O–H groups in total. The summed E-state index contributed by atoms with van der Waals surface area (Å²) in [5.74, 6) is 0.631. The fraction of sp³-hybridized carbons (Fsp3) is 0.105. The van der Waals surface area contributed by atoms with Crippen LogP contribution >= 0.6 is 0 Å². The van der Waals surface area contributed by atoms with Crippen molar-refractivity contribution >= 4 is 16.6 Å². The lowest BCUT2D eigenvalue weighted by molar-refractivity contribution is 0.104. The van der Waals surface area contributed by atoms with E-state index in [2.05, 4.69) is 0 Å². The molecule has 0 spiro atoms. The third-order valence-electron chi connectivity index (χ3n) is 3.56. The molecule has 0 radical (unpaired) electrons. The highest BCUT2D eigenvalue weighted by Crippen LogP contribution is 2.35. The van der Waals surface area contributed by atoms with Crippen molar-refractivity contribution in [2.45, 2.75) is 6.92 Å². The van der Waals surface area contributed by atoms with Gasteiger partial charge in [-0.1, -0.05) is 42.5 Å². The highest BCUT2D eigenvalue weighted by Gasteiger charge is 2.17. The van der Waals surface area contributed by atoms with Crippen molar-refractivity contribution < 1.29 is 14.6 Å². The van der Waals surface area contributed by atoms with Gasteiger partial charge in [0.2, 0.25) is 0 Å². The number of rotatable bonds is 4. The Morgan fingerprint density at radius 3 is 2.50 bits per heavy atom. The average Bonchev–Trinajstić information content (AvgIpc) is 2.56. The Hall–Kier alpha value is -2.81. The van der Waals surface area contributed by atoms with Crippen LogP contribution in [0.3, 0.4) is 0 Å². The molecule has 0 bridgehead atoms. The second kappa shape index (κ2) is 5.90. The molecular weight excluding hydrogens is 276 g/mol. The molecule has 3 heteroatoms. The number of phenolic OH excluding ortho intramolecular Hbond substituents is 1. The van der Waals surface area contributed by atoms with Crippen LogP contribution in [0, 0.1) is 0 Å². The van der Waals surface area contributed by atoms with E-state index in [9.17, 15) is 9.90 Å². The first kappa shape index (κ1) is 14.1. The van der Waals surface area contributed by atoms with Gasteiger partial charge in [0.1, 0.15) is 11.5 Å². The minimum Gasteiger partial charge on any atom is -0.507 e. The number of carbonyl (C=O) groups is 1. The van der Waals surface area contributed by atoms with E-state index >= 15 is 0 Å². The first-order chi connectivity index (χ1) is 10.7. The SMILES string of the molecule is CCOc1ccc(C(=O)c2ccccc2)c2c(O)cccc12. The minimum atomic E-state index is -0.116. The van der Waals surface area contributed by atoms with Crippen molar-refractivity contribution in [1.29, 1.82) is 0 Å². The largest absolute Gasteiger partial charge is 0.507 e. The van der Waals surface area contributed by atoms with Gasteiger partial charge in [0.05, 0.1) is 6.61 Å². The molecule has 0 aliphatic carbocycles. The smallest absolute Gasteiger partial charge is 0.193 e. The predicted octanol–water partition coefficient (Wildman–Crippen LogP) is 4.18. The Bertz CT molecular complexity index is 823. The van der Waals surface area contributed by atoms with Crippen molar-refractivity contribution in [3.8, 4) is 11.5 Å². The molecule has 3 nitrogen and oxygen atoms in total. The summed E-state index contributed by atoms with van der Waals surface area (Å²) in [4.78, 5) is 12.7. The maximum absolute atomic E-state index is 12.7. The fourth-order valence-electron chi connectivity index (χ4n) is 2.58. The molecule has 0 aromatic heterocycles. The molecule has 0 unspecified atom stereocenters. The summed E-state index contributed by atoms with van der Waals surface area (Å²) in [6.45, 7) is 2.42. The van der Waals surface area contributed by atoms with E-state index < -0.39 is 0 Å². The number of ketones is 1. The van der Waals surface area contributed by atoms with Crippen LogP contribution < -0.4 is 4.74 Å². The van der Waals surface area contributed by atoms with E-state index in [1.807, 2.05) is 31.2 Å². The Morgan fingerprint density at radius 2 is 1.77 bits per heavy atom. The lowest BCUT2D eigenvalue weighted by Gasteiger charge is -2.12. The summed E-state index contributed by atoms with van der Waals surface area (Å²) in [6.07, 6.45) is 0. The second-order valence-corrected chi connectivity index (χ2v) is 4.94. The van der Waals surface area contributed by atoms with E-state index in [0.29, 0.717) is 28.9 Å². The first-order valence-electron chi connectivity index (χ1n) is 7.19. The maximum Gasteiger partial charge on any atom is 0.193 e. The Labute approximate surface area is 128 Å². The maximum atomic E-state index is 12.7. The van der Waals surface area contributed by atoms with Crippen molar-refractivity contribution in [3.05, 3.63) is 71.8 Å². The quantitative estimate of drug-likeness (QED) is 0.734. The van der Waals surface area contributed by atoms with Crippen LogP contribution in [0.1, 0.15) is 22.8 Å². The number of phenols is 1. The Morgan fingerprint density at radius 1 is 1.00 bits per heavy atom. The highest BCUT2D eigenvalue weighted by molar-refractivity contribution is 6.18. The van der Waals surface area contributed by atoms with Crippen LogP contribution in [0.4, 0.5) is 0 Å². The molecule has 3 aromatic carbocycles. The van der Waals surface area contributed by atoms with Gasteiger partial charge in [-0.15, -0.1) is 0 Å². The lowest BCUT2D eigenvalue weighted by atomic mass is 9.96. The first-order valence-corrected chi connectivity index (χ1v) is 7.19. The van der Waals surface area contributed by atoms with Crippen LogP contribution in [0.5, 0.6) is 11.5 Å². The molecule has 0 atom stereocenters. The summed E-state index contributed by atoms with van der Waals surface area (Å²) in [5.41, 5.74) is 1.07. The molecule has 0 fully saturated rings. The molecule has 0 aliphatic rings. The fourth-order valence-corrected chi connectivity index (χ4v) is 2.58. The molecule has 0 saturated heterocycles. The van der Waals surface area contributed by atoms with Gasteiger partial charge in [0.25, 0.3) is 0 Å². The molecular formula is C19H16O3.